The first-order valence-electron chi connectivity index (χ1n) is 5.24. The van der Waals surface area contributed by atoms with E-state index in [2.05, 4.69) is 10.4 Å². The number of nitrogens with zero attached hydrogens (tertiary/aromatic N) is 1. The molecule has 3 N–H and O–H groups in total. The summed E-state index contributed by atoms with van der Waals surface area (Å²) in [6.45, 7) is 2.62. The summed E-state index contributed by atoms with van der Waals surface area (Å²) >= 11 is 0. The molecule has 1 aromatic heterocycles. The molecule has 0 aliphatic rings. The van der Waals surface area contributed by atoms with Crippen LogP contribution in [0.1, 0.15) is 23.0 Å². The summed E-state index contributed by atoms with van der Waals surface area (Å²) in [4.78, 5) is 15.5. The van der Waals surface area contributed by atoms with E-state index in [1.807, 2.05) is 6.92 Å². The van der Waals surface area contributed by atoms with E-state index in [1.165, 1.54) is 0 Å². The molecule has 6 nitrogen and oxygen atoms in total. The van der Waals surface area contributed by atoms with Crippen LogP contribution in [0.3, 0.4) is 0 Å². The summed E-state index contributed by atoms with van der Waals surface area (Å²) < 4.78 is 10.4. The molecule has 0 bridgehead atoms. The van der Waals surface area contributed by atoms with Gasteiger partial charge in [-0.25, -0.2) is 5.84 Å². The highest BCUT2D eigenvalue weighted by Crippen LogP contribution is 2.08. The number of hydrogen-bond donors (Lipinski definition) is 2. The second-order valence-electron chi connectivity index (χ2n) is 3.55. The van der Waals surface area contributed by atoms with E-state index in [4.69, 9.17) is 15.3 Å². The second kappa shape index (κ2) is 6.95. The highest BCUT2D eigenvalue weighted by Gasteiger charge is 2.12. The van der Waals surface area contributed by atoms with Crippen molar-refractivity contribution >= 4 is 5.91 Å². The largest absolute Gasteiger partial charge is 0.382 e. The molecule has 6 heteroatoms. The number of nitrogen functional groups attached to an aromatic ring is 1. The van der Waals surface area contributed by atoms with Crippen molar-refractivity contribution in [1.29, 1.82) is 0 Å². The van der Waals surface area contributed by atoms with E-state index >= 15 is 0 Å². The number of carbonyl (C=O) groups excluding carboxylic acids is 1. The number of amides is 1. The van der Waals surface area contributed by atoms with Crippen molar-refractivity contribution in [2.75, 3.05) is 13.7 Å². The molecule has 0 fully saturated rings. The lowest BCUT2D eigenvalue weighted by molar-refractivity contribution is -0.00161. The normalized spacial score (nSPS) is 12.2. The standard InChI is InChI=1S/C11H17N3O3/c1-8(6-16-2)17-7-10-9(11(15)14-12)4-3-5-13-10/h3-5,8H,6-7,12H2,1-2H3,(H,14,15). The fraction of sp³-hybridized carbons (Fsp3) is 0.455. The molecule has 1 heterocycles. The Morgan fingerprint density at radius 1 is 1.65 bits per heavy atom. The maximum atomic E-state index is 11.4. The third-order valence-corrected chi connectivity index (χ3v) is 2.17. The van der Waals surface area contributed by atoms with Crippen LogP contribution in [0, 0.1) is 0 Å². The van der Waals surface area contributed by atoms with Crippen LogP contribution in [-0.4, -0.2) is 30.7 Å². The third-order valence-electron chi connectivity index (χ3n) is 2.17. The van der Waals surface area contributed by atoms with Crippen molar-refractivity contribution in [2.45, 2.75) is 19.6 Å². The quantitative estimate of drug-likeness (QED) is 0.422. The first kappa shape index (κ1) is 13.6. The number of hydrogen-bond acceptors (Lipinski definition) is 5. The molecule has 0 aliphatic carbocycles. The van der Waals surface area contributed by atoms with Crippen LogP contribution in [0.15, 0.2) is 18.3 Å². The van der Waals surface area contributed by atoms with Gasteiger partial charge in [0.1, 0.15) is 0 Å². The summed E-state index contributed by atoms with van der Waals surface area (Å²) in [6, 6.07) is 3.32. The minimum Gasteiger partial charge on any atom is -0.382 e. The number of hydrazine groups is 1. The third kappa shape index (κ3) is 4.10. The Kier molecular flexibility index (Phi) is 5.55. The molecular formula is C11H17N3O3. The van der Waals surface area contributed by atoms with Gasteiger partial charge in [0.25, 0.3) is 5.91 Å². The Morgan fingerprint density at radius 2 is 2.41 bits per heavy atom. The van der Waals surface area contributed by atoms with Gasteiger partial charge in [-0.1, -0.05) is 0 Å². The Hall–Kier alpha value is -1.50. The van der Waals surface area contributed by atoms with E-state index in [0.29, 0.717) is 17.9 Å². The van der Waals surface area contributed by atoms with Gasteiger partial charge in [-0.3, -0.25) is 15.2 Å². The minimum absolute atomic E-state index is 0.0595. The molecule has 0 radical (unpaired) electrons. The van der Waals surface area contributed by atoms with Crippen molar-refractivity contribution in [1.82, 2.24) is 10.4 Å². The molecule has 0 aromatic carbocycles. The number of ether oxygens (including phenoxy) is 2. The fourth-order valence-electron chi connectivity index (χ4n) is 1.34. The maximum Gasteiger partial charge on any atom is 0.267 e. The van der Waals surface area contributed by atoms with Gasteiger partial charge in [-0.05, 0) is 19.1 Å². The summed E-state index contributed by atoms with van der Waals surface area (Å²) in [5.41, 5.74) is 3.05. The van der Waals surface area contributed by atoms with Crippen LogP contribution in [0.25, 0.3) is 0 Å². The summed E-state index contributed by atoms with van der Waals surface area (Å²) in [5, 5.41) is 0. The van der Waals surface area contributed by atoms with Crippen LogP contribution in [-0.2, 0) is 16.1 Å². The number of nitrogens with two attached hydrogens (primary N) is 1. The first-order valence-corrected chi connectivity index (χ1v) is 5.24. The van der Waals surface area contributed by atoms with Gasteiger partial charge in [0.2, 0.25) is 0 Å². The molecule has 1 aromatic rings. The molecule has 0 spiro atoms. The Balaban J connectivity index is 2.67. The maximum absolute atomic E-state index is 11.4. The molecule has 94 valence electrons. The Morgan fingerprint density at radius 3 is 3.06 bits per heavy atom. The van der Waals surface area contributed by atoms with Crippen LogP contribution in [0.5, 0.6) is 0 Å². The average Bonchev–Trinajstić information content (AvgIpc) is 2.36. The monoisotopic (exact) mass is 239 g/mol. The number of nitrogens with one attached hydrogen (secondary N) is 1. The highest BCUT2D eigenvalue weighted by atomic mass is 16.5. The van der Waals surface area contributed by atoms with E-state index in [0.717, 1.165) is 0 Å². The molecule has 1 unspecified atom stereocenters. The van der Waals surface area contributed by atoms with Gasteiger partial charge in [0.05, 0.1) is 30.6 Å². The number of pyridine rings is 1. The zero-order valence-corrected chi connectivity index (χ0v) is 9.97. The average molecular weight is 239 g/mol. The smallest absolute Gasteiger partial charge is 0.267 e. The van der Waals surface area contributed by atoms with Crippen molar-refractivity contribution in [2.24, 2.45) is 5.84 Å². The number of methoxy groups -OCH3 is 1. The van der Waals surface area contributed by atoms with E-state index in [-0.39, 0.29) is 18.6 Å². The Bertz CT molecular complexity index is 371. The van der Waals surface area contributed by atoms with Crippen LogP contribution >= 0.6 is 0 Å². The minimum atomic E-state index is -0.379. The van der Waals surface area contributed by atoms with Gasteiger partial charge in [-0.15, -0.1) is 0 Å². The molecule has 1 atom stereocenters. The second-order valence-corrected chi connectivity index (χ2v) is 3.55. The zero-order valence-electron chi connectivity index (χ0n) is 9.97. The first-order chi connectivity index (χ1) is 8.19. The molecular weight excluding hydrogens is 222 g/mol. The van der Waals surface area contributed by atoms with Crippen LogP contribution < -0.4 is 11.3 Å². The summed E-state index contributed by atoms with van der Waals surface area (Å²) in [7, 11) is 1.61. The predicted octanol–water partition coefficient (Wildman–Crippen LogP) is 0.237. The van der Waals surface area contributed by atoms with Crippen molar-refractivity contribution < 1.29 is 14.3 Å². The molecule has 0 saturated carbocycles. The van der Waals surface area contributed by atoms with Crippen molar-refractivity contribution in [3.8, 4) is 0 Å². The molecule has 0 saturated heterocycles. The fourth-order valence-corrected chi connectivity index (χ4v) is 1.34. The molecule has 0 aliphatic heterocycles. The Labute approximate surface area is 100 Å². The molecule has 17 heavy (non-hydrogen) atoms. The van der Waals surface area contributed by atoms with E-state index in [9.17, 15) is 4.79 Å². The SMILES string of the molecule is COCC(C)OCc1ncccc1C(=O)NN. The van der Waals surface area contributed by atoms with Crippen LogP contribution in [0.2, 0.25) is 0 Å². The highest BCUT2D eigenvalue weighted by molar-refractivity contribution is 5.94. The lowest BCUT2D eigenvalue weighted by Crippen LogP contribution is -2.31. The number of rotatable bonds is 6. The topological polar surface area (TPSA) is 86.5 Å². The summed E-state index contributed by atoms with van der Waals surface area (Å²) in [5.74, 6) is 4.71. The zero-order chi connectivity index (χ0) is 12.7. The van der Waals surface area contributed by atoms with Gasteiger partial charge >= 0.3 is 0 Å². The van der Waals surface area contributed by atoms with Gasteiger partial charge in [-0.2, -0.15) is 0 Å². The predicted molar refractivity (Wildman–Crippen MR) is 62.0 cm³/mol. The van der Waals surface area contributed by atoms with Gasteiger partial charge < -0.3 is 9.47 Å². The lowest BCUT2D eigenvalue weighted by atomic mass is 10.2. The van der Waals surface area contributed by atoms with E-state index in [1.54, 1.807) is 25.4 Å². The molecule has 1 rings (SSSR count). The molecule has 1 amide bonds. The van der Waals surface area contributed by atoms with E-state index < -0.39 is 0 Å². The number of aromatic nitrogens is 1. The lowest BCUT2D eigenvalue weighted by Gasteiger charge is -2.13. The van der Waals surface area contributed by atoms with Crippen molar-refractivity contribution in [3.63, 3.8) is 0 Å². The number of carbonyl (C=O) groups is 1. The summed E-state index contributed by atoms with van der Waals surface area (Å²) in [6.07, 6.45) is 1.54. The van der Waals surface area contributed by atoms with Gasteiger partial charge in [0, 0.05) is 13.3 Å². The van der Waals surface area contributed by atoms with Crippen LogP contribution in [0.4, 0.5) is 0 Å². The van der Waals surface area contributed by atoms with Crippen molar-refractivity contribution in [3.05, 3.63) is 29.6 Å². The van der Waals surface area contributed by atoms with Gasteiger partial charge in [0.15, 0.2) is 0 Å².